The van der Waals surface area contributed by atoms with Crippen molar-refractivity contribution in [1.82, 2.24) is 20.8 Å². The van der Waals surface area contributed by atoms with Crippen LogP contribution >= 0.6 is 23.1 Å². The van der Waals surface area contributed by atoms with Crippen molar-refractivity contribution in [1.29, 1.82) is 0 Å². The molecule has 6 nitrogen and oxygen atoms in total. The van der Waals surface area contributed by atoms with Gasteiger partial charge in [0.05, 0.1) is 5.25 Å². The molecule has 3 rings (SSSR count). The van der Waals surface area contributed by atoms with Gasteiger partial charge >= 0.3 is 0 Å². The second kappa shape index (κ2) is 7.41. The highest BCUT2D eigenvalue weighted by molar-refractivity contribution is 8.00. The number of benzene rings is 1. The van der Waals surface area contributed by atoms with E-state index >= 15 is 0 Å². The van der Waals surface area contributed by atoms with Crippen molar-refractivity contribution in [3.05, 3.63) is 53.7 Å². The van der Waals surface area contributed by atoms with Gasteiger partial charge < -0.3 is 0 Å². The van der Waals surface area contributed by atoms with Crippen LogP contribution in [0, 0.1) is 0 Å². The van der Waals surface area contributed by atoms with E-state index < -0.39 is 5.25 Å². The molecule has 0 saturated carbocycles. The van der Waals surface area contributed by atoms with Crippen LogP contribution in [-0.2, 0) is 4.79 Å². The highest BCUT2D eigenvalue weighted by Gasteiger charge is 2.18. The molecule has 8 heteroatoms. The maximum absolute atomic E-state index is 12.2. The van der Waals surface area contributed by atoms with Gasteiger partial charge in [0.2, 0.25) is 0 Å². The molecule has 2 heterocycles. The lowest BCUT2D eigenvalue weighted by Crippen LogP contribution is -2.44. The first-order valence-corrected chi connectivity index (χ1v) is 8.91. The Morgan fingerprint density at radius 3 is 2.71 bits per heavy atom. The van der Waals surface area contributed by atoms with Gasteiger partial charge in [0.25, 0.3) is 11.8 Å². The fourth-order valence-electron chi connectivity index (χ4n) is 1.96. The largest absolute Gasteiger partial charge is 0.272 e. The highest BCUT2D eigenvalue weighted by atomic mass is 32.2. The summed E-state index contributed by atoms with van der Waals surface area (Å²) in [7, 11) is 0. The number of hydrogen-bond donors (Lipinski definition) is 2. The van der Waals surface area contributed by atoms with Crippen molar-refractivity contribution >= 4 is 45.1 Å². The molecule has 122 valence electrons. The van der Waals surface area contributed by atoms with E-state index in [4.69, 9.17) is 0 Å². The Morgan fingerprint density at radius 2 is 1.92 bits per heavy atom. The number of nitrogens with zero attached hydrogens (tertiary/aromatic N) is 2. The molecule has 0 aliphatic carbocycles. The second-order valence-electron chi connectivity index (χ2n) is 4.89. The van der Waals surface area contributed by atoms with Crippen LogP contribution in [0.5, 0.6) is 0 Å². The molecule has 0 aliphatic heterocycles. The van der Waals surface area contributed by atoms with Crippen molar-refractivity contribution in [2.45, 2.75) is 17.2 Å². The smallest absolute Gasteiger partial charge is 0.269 e. The van der Waals surface area contributed by atoms with Crippen molar-refractivity contribution in [2.24, 2.45) is 0 Å². The van der Waals surface area contributed by atoms with Gasteiger partial charge in [-0.1, -0.05) is 30.0 Å². The molecule has 0 spiro atoms. The quantitative estimate of drug-likeness (QED) is 0.425. The summed E-state index contributed by atoms with van der Waals surface area (Å²) in [5, 5.41) is 3.20. The topological polar surface area (TPSA) is 84.0 Å². The maximum Gasteiger partial charge on any atom is 0.269 e. The molecule has 3 aromatic rings. The van der Waals surface area contributed by atoms with Crippen LogP contribution in [0.3, 0.4) is 0 Å². The molecule has 0 saturated heterocycles. The third kappa shape index (κ3) is 3.72. The summed E-state index contributed by atoms with van der Waals surface area (Å²) < 4.78 is 0. The molecular formula is C16H14N4O2S2. The van der Waals surface area contributed by atoms with E-state index in [1.807, 2.05) is 17.5 Å². The van der Waals surface area contributed by atoms with Crippen LogP contribution < -0.4 is 10.9 Å². The molecule has 2 N–H and O–H groups in total. The van der Waals surface area contributed by atoms with Crippen LogP contribution in [0.25, 0.3) is 10.2 Å². The monoisotopic (exact) mass is 358 g/mol. The van der Waals surface area contributed by atoms with Crippen molar-refractivity contribution in [3.8, 4) is 0 Å². The van der Waals surface area contributed by atoms with E-state index in [0.717, 1.165) is 15.2 Å². The summed E-state index contributed by atoms with van der Waals surface area (Å²) >= 11 is 2.85. The van der Waals surface area contributed by atoms with Gasteiger partial charge in [0.1, 0.15) is 16.2 Å². The van der Waals surface area contributed by atoms with Crippen LogP contribution in [-0.4, -0.2) is 27.0 Å². The summed E-state index contributed by atoms with van der Waals surface area (Å²) in [6.07, 6.45) is 1.49. The van der Waals surface area contributed by atoms with E-state index in [0.29, 0.717) is 5.56 Å². The zero-order valence-corrected chi connectivity index (χ0v) is 14.4. The van der Waals surface area contributed by atoms with Crippen LogP contribution in [0.1, 0.15) is 17.3 Å². The fourth-order valence-corrected chi connectivity index (χ4v) is 3.66. The average molecular weight is 358 g/mol. The zero-order valence-electron chi connectivity index (χ0n) is 12.7. The van der Waals surface area contributed by atoms with Crippen molar-refractivity contribution < 1.29 is 9.59 Å². The fraction of sp³-hybridized carbons (Fsp3) is 0.125. The van der Waals surface area contributed by atoms with Gasteiger partial charge in [-0.3, -0.25) is 20.4 Å². The summed E-state index contributed by atoms with van der Waals surface area (Å²) in [6, 6.07) is 10.6. The average Bonchev–Trinajstić information content (AvgIpc) is 3.10. The van der Waals surface area contributed by atoms with Crippen LogP contribution in [0.4, 0.5) is 0 Å². The first-order valence-electron chi connectivity index (χ1n) is 7.15. The molecule has 1 atom stereocenters. The molecule has 1 aromatic carbocycles. The third-order valence-electron chi connectivity index (χ3n) is 3.22. The minimum atomic E-state index is -0.418. The summed E-state index contributed by atoms with van der Waals surface area (Å²) in [4.78, 5) is 33.4. The Balaban J connectivity index is 1.59. The molecule has 0 fully saturated rings. The predicted octanol–water partition coefficient (Wildman–Crippen LogP) is 2.63. The molecule has 0 unspecified atom stereocenters. The Bertz CT molecular complexity index is 867. The molecule has 0 radical (unpaired) electrons. The van der Waals surface area contributed by atoms with E-state index in [9.17, 15) is 9.59 Å². The summed E-state index contributed by atoms with van der Waals surface area (Å²) in [5.74, 6) is -0.658. The van der Waals surface area contributed by atoms with E-state index in [1.165, 1.54) is 29.4 Å². The normalized spacial score (nSPS) is 11.9. The number of amides is 2. The minimum absolute atomic E-state index is 0.300. The third-order valence-corrected chi connectivity index (χ3v) is 5.15. The first kappa shape index (κ1) is 16.4. The van der Waals surface area contributed by atoms with Gasteiger partial charge in [-0.15, -0.1) is 11.3 Å². The number of carbonyl (C=O) groups excluding carboxylic acids is 2. The van der Waals surface area contributed by atoms with Crippen molar-refractivity contribution in [3.63, 3.8) is 0 Å². The Kier molecular flexibility index (Phi) is 5.07. The second-order valence-corrected chi connectivity index (χ2v) is 7.11. The van der Waals surface area contributed by atoms with Gasteiger partial charge in [-0.2, -0.15) is 0 Å². The Labute approximate surface area is 146 Å². The number of hydrazine groups is 1. The zero-order chi connectivity index (χ0) is 16.9. The number of hydrogen-bond acceptors (Lipinski definition) is 6. The lowest BCUT2D eigenvalue weighted by atomic mass is 10.2. The lowest BCUT2D eigenvalue weighted by molar-refractivity contribution is -0.121. The number of thioether (sulfide) groups is 1. The van der Waals surface area contributed by atoms with Crippen LogP contribution in [0.15, 0.2) is 53.1 Å². The van der Waals surface area contributed by atoms with Crippen LogP contribution in [0.2, 0.25) is 0 Å². The molecular weight excluding hydrogens is 344 g/mol. The van der Waals surface area contributed by atoms with Gasteiger partial charge in [0.15, 0.2) is 0 Å². The SMILES string of the molecule is C[C@@H](Sc1ncnc2sccc12)C(=O)NNC(=O)c1ccccc1. The van der Waals surface area contributed by atoms with Gasteiger partial charge in [-0.25, -0.2) is 9.97 Å². The lowest BCUT2D eigenvalue weighted by Gasteiger charge is -2.12. The molecule has 2 aromatic heterocycles. The Hall–Kier alpha value is -2.45. The summed E-state index contributed by atoms with van der Waals surface area (Å²) in [5.41, 5.74) is 5.34. The number of rotatable bonds is 4. The number of thiophene rings is 1. The molecule has 0 aliphatic rings. The Morgan fingerprint density at radius 1 is 1.12 bits per heavy atom. The van der Waals surface area contributed by atoms with E-state index in [1.54, 1.807) is 31.2 Å². The van der Waals surface area contributed by atoms with Gasteiger partial charge in [0, 0.05) is 10.9 Å². The number of nitrogens with one attached hydrogen (secondary N) is 2. The highest BCUT2D eigenvalue weighted by Crippen LogP contribution is 2.30. The summed E-state index contributed by atoms with van der Waals surface area (Å²) in [6.45, 7) is 1.76. The number of carbonyl (C=O) groups is 2. The standard InChI is InChI=1S/C16H14N4O2S2/c1-10(24-16-12-7-8-23-15(12)17-9-18-16)13(21)19-20-14(22)11-5-3-2-4-6-11/h2-10H,1H3,(H,19,21)(H,20,22)/t10-/m1/s1. The van der Waals surface area contributed by atoms with Gasteiger partial charge in [-0.05, 0) is 30.5 Å². The number of aromatic nitrogens is 2. The minimum Gasteiger partial charge on any atom is -0.272 e. The van der Waals surface area contributed by atoms with Crippen molar-refractivity contribution in [2.75, 3.05) is 0 Å². The molecule has 24 heavy (non-hydrogen) atoms. The predicted molar refractivity (Wildman–Crippen MR) is 94.8 cm³/mol. The first-order chi connectivity index (χ1) is 11.6. The van der Waals surface area contributed by atoms with E-state index in [2.05, 4.69) is 20.8 Å². The molecule has 2 amide bonds. The number of fused-ring (bicyclic) bond motifs is 1. The van der Waals surface area contributed by atoms with E-state index in [-0.39, 0.29) is 11.8 Å². The maximum atomic E-state index is 12.2. The molecule has 0 bridgehead atoms.